The molecule has 0 radical (unpaired) electrons. The van der Waals surface area contributed by atoms with Crippen molar-refractivity contribution in [2.24, 2.45) is 0 Å². The number of aromatic nitrogens is 2. The summed E-state index contributed by atoms with van der Waals surface area (Å²) in [5.41, 5.74) is 1.64. The number of hydrogen-bond acceptors (Lipinski definition) is 5. The van der Waals surface area contributed by atoms with E-state index in [9.17, 15) is 9.00 Å². The van der Waals surface area contributed by atoms with E-state index in [1.165, 1.54) is 0 Å². The molecule has 0 spiro atoms. The van der Waals surface area contributed by atoms with Crippen molar-refractivity contribution in [2.45, 2.75) is 27.2 Å². The fraction of sp³-hybridized carbons (Fsp3) is 0.471. The Kier molecular flexibility index (Phi) is 6.66. The summed E-state index contributed by atoms with van der Waals surface area (Å²) in [5.74, 6) is 2.33. The Morgan fingerprint density at radius 1 is 1.33 bits per heavy atom. The van der Waals surface area contributed by atoms with Crippen LogP contribution in [0.3, 0.4) is 0 Å². The van der Waals surface area contributed by atoms with Crippen LogP contribution in [0.4, 0.5) is 0 Å². The second kappa shape index (κ2) is 8.73. The van der Waals surface area contributed by atoms with E-state index in [-0.39, 0.29) is 12.5 Å². The maximum Gasteiger partial charge on any atom is 0.257 e. The standard InChI is InChI=1S/C17H23N3O3S/c1-4-24(22)9-5-8-18-15(21)11-23-17-12(2)6-7-14-10-19-13(3)20-16(14)17/h6-7,10H,4-5,8-9,11H2,1-3H3,(H,18,21). The van der Waals surface area contributed by atoms with Gasteiger partial charge >= 0.3 is 0 Å². The zero-order chi connectivity index (χ0) is 17.5. The van der Waals surface area contributed by atoms with Crippen molar-refractivity contribution in [3.8, 4) is 5.75 Å². The molecule has 1 heterocycles. The lowest BCUT2D eigenvalue weighted by Crippen LogP contribution is -2.30. The van der Waals surface area contributed by atoms with Gasteiger partial charge in [0.05, 0.1) is 0 Å². The Labute approximate surface area is 144 Å². The van der Waals surface area contributed by atoms with E-state index in [0.29, 0.717) is 41.6 Å². The van der Waals surface area contributed by atoms with E-state index in [4.69, 9.17) is 4.74 Å². The van der Waals surface area contributed by atoms with Gasteiger partial charge in [0.25, 0.3) is 5.91 Å². The smallest absolute Gasteiger partial charge is 0.257 e. The third-order valence-corrected chi connectivity index (χ3v) is 4.95. The van der Waals surface area contributed by atoms with Crippen molar-refractivity contribution < 1.29 is 13.7 Å². The predicted molar refractivity (Wildman–Crippen MR) is 95.7 cm³/mol. The maximum atomic E-state index is 11.9. The van der Waals surface area contributed by atoms with Crippen LogP contribution in [-0.4, -0.2) is 44.7 Å². The molecular weight excluding hydrogens is 326 g/mol. The van der Waals surface area contributed by atoms with Crippen LogP contribution in [0, 0.1) is 13.8 Å². The van der Waals surface area contributed by atoms with Crippen LogP contribution in [0.2, 0.25) is 0 Å². The van der Waals surface area contributed by atoms with Gasteiger partial charge < -0.3 is 10.1 Å². The number of benzene rings is 1. The van der Waals surface area contributed by atoms with E-state index < -0.39 is 10.8 Å². The maximum absolute atomic E-state index is 11.9. The molecule has 0 fully saturated rings. The molecule has 130 valence electrons. The van der Waals surface area contributed by atoms with Crippen molar-refractivity contribution in [3.05, 3.63) is 29.7 Å². The Hall–Kier alpha value is -2.02. The third-order valence-electron chi connectivity index (χ3n) is 3.56. The van der Waals surface area contributed by atoms with Crippen LogP contribution >= 0.6 is 0 Å². The van der Waals surface area contributed by atoms with Gasteiger partial charge in [0.1, 0.15) is 17.1 Å². The number of fused-ring (bicyclic) bond motifs is 1. The number of amides is 1. The fourth-order valence-electron chi connectivity index (χ4n) is 2.24. The molecule has 1 amide bonds. The zero-order valence-corrected chi connectivity index (χ0v) is 15.1. The van der Waals surface area contributed by atoms with E-state index in [2.05, 4.69) is 15.3 Å². The van der Waals surface area contributed by atoms with Crippen molar-refractivity contribution >= 4 is 27.6 Å². The summed E-state index contributed by atoms with van der Waals surface area (Å²) in [6, 6.07) is 3.86. The van der Waals surface area contributed by atoms with Gasteiger partial charge in [-0.25, -0.2) is 9.97 Å². The first kappa shape index (κ1) is 18.3. The molecule has 7 heteroatoms. The number of hydrogen-bond donors (Lipinski definition) is 1. The van der Waals surface area contributed by atoms with Gasteiger partial charge in [-0.15, -0.1) is 0 Å². The Morgan fingerprint density at radius 3 is 2.88 bits per heavy atom. The third kappa shape index (κ3) is 4.99. The van der Waals surface area contributed by atoms with Gasteiger partial charge in [0.2, 0.25) is 0 Å². The zero-order valence-electron chi connectivity index (χ0n) is 14.3. The largest absolute Gasteiger partial charge is 0.481 e. The van der Waals surface area contributed by atoms with Crippen LogP contribution < -0.4 is 10.1 Å². The molecule has 0 aliphatic carbocycles. The van der Waals surface area contributed by atoms with Gasteiger partial charge in [0.15, 0.2) is 6.61 Å². The molecule has 1 unspecified atom stereocenters. The summed E-state index contributed by atoms with van der Waals surface area (Å²) >= 11 is 0. The second-order valence-corrected chi connectivity index (χ2v) is 7.36. The number of nitrogens with zero attached hydrogens (tertiary/aromatic N) is 2. The Morgan fingerprint density at radius 2 is 2.12 bits per heavy atom. The molecule has 6 nitrogen and oxygen atoms in total. The number of aryl methyl sites for hydroxylation is 2. The summed E-state index contributed by atoms with van der Waals surface area (Å²) < 4.78 is 17.0. The van der Waals surface area contributed by atoms with Gasteiger partial charge in [-0.2, -0.15) is 0 Å². The summed E-state index contributed by atoms with van der Waals surface area (Å²) in [5, 5.41) is 3.66. The minimum atomic E-state index is -0.793. The highest BCUT2D eigenvalue weighted by molar-refractivity contribution is 7.84. The monoisotopic (exact) mass is 349 g/mol. The average Bonchev–Trinajstić information content (AvgIpc) is 2.57. The quantitative estimate of drug-likeness (QED) is 0.736. The topological polar surface area (TPSA) is 81.2 Å². The lowest BCUT2D eigenvalue weighted by molar-refractivity contribution is -0.123. The Balaban J connectivity index is 1.93. The molecule has 1 N–H and O–H groups in total. The van der Waals surface area contributed by atoms with Crippen molar-refractivity contribution in [1.82, 2.24) is 15.3 Å². The van der Waals surface area contributed by atoms with E-state index in [1.807, 2.05) is 32.9 Å². The highest BCUT2D eigenvalue weighted by atomic mass is 32.2. The molecule has 24 heavy (non-hydrogen) atoms. The SMILES string of the molecule is CCS(=O)CCCNC(=O)COc1c(C)ccc2cnc(C)nc12. The molecule has 1 aromatic carbocycles. The molecule has 1 atom stereocenters. The number of carbonyl (C=O) groups excluding carboxylic acids is 1. The number of rotatable bonds is 8. The van der Waals surface area contributed by atoms with E-state index >= 15 is 0 Å². The minimum Gasteiger partial charge on any atom is -0.481 e. The highest BCUT2D eigenvalue weighted by Crippen LogP contribution is 2.27. The fourth-order valence-corrected chi connectivity index (χ4v) is 2.99. The molecule has 0 saturated heterocycles. The first-order valence-electron chi connectivity index (χ1n) is 7.98. The molecular formula is C17H23N3O3S. The molecule has 1 aromatic heterocycles. The number of nitrogens with one attached hydrogen (secondary N) is 1. The van der Waals surface area contributed by atoms with Crippen LogP contribution in [0.1, 0.15) is 24.7 Å². The summed E-state index contributed by atoms with van der Waals surface area (Å²) in [6.45, 7) is 6.06. The molecule has 2 aromatic rings. The number of carbonyl (C=O) groups is 1. The summed E-state index contributed by atoms with van der Waals surface area (Å²) in [6.07, 6.45) is 2.45. The number of ether oxygens (including phenoxy) is 1. The molecule has 2 rings (SSSR count). The average molecular weight is 349 g/mol. The molecule has 0 aliphatic rings. The van der Waals surface area contributed by atoms with Gasteiger partial charge in [-0.3, -0.25) is 9.00 Å². The van der Waals surface area contributed by atoms with Crippen molar-refractivity contribution in [3.63, 3.8) is 0 Å². The normalized spacial score (nSPS) is 12.1. The summed E-state index contributed by atoms with van der Waals surface area (Å²) in [4.78, 5) is 20.5. The van der Waals surface area contributed by atoms with Crippen molar-refractivity contribution in [2.75, 3.05) is 24.7 Å². The molecule has 0 aliphatic heterocycles. The molecule has 0 saturated carbocycles. The van der Waals surface area contributed by atoms with E-state index in [0.717, 1.165) is 10.9 Å². The first-order chi connectivity index (χ1) is 11.5. The molecule has 0 bridgehead atoms. The van der Waals surface area contributed by atoms with E-state index in [1.54, 1.807) is 6.20 Å². The lowest BCUT2D eigenvalue weighted by atomic mass is 10.1. The minimum absolute atomic E-state index is 0.0696. The summed E-state index contributed by atoms with van der Waals surface area (Å²) in [7, 11) is -0.793. The van der Waals surface area contributed by atoms with Crippen LogP contribution in [0.5, 0.6) is 5.75 Å². The highest BCUT2D eigenvalue weighted by Gasteiger charge is 2.11. The van der Waals surface area contributed by atoms with Gasteiger partial charge in [-0.1, -0.05) is 19.1 Å². The van der Waals surface area contributed by atoms with Crippen LogP contribution in [0.15, 0.2) is 18.3 Å². The van der Waals surface area contributed by atoms with Gasteiger partial charge in [-0.05, 0) is 25.8 Å². The predicted octanol–water partition coefficient (Wildman–Crippen LogP) is 1.90. The lowest BCUT2D eigenvalue weighted by Gasteiger charge is -2.12. The van der Waals surface area contributed by atoms with Gasteiger partial charge in [0, 0.05) is 40.4 Å². The van der Waals surface area contributed by atoms with Crippen molar-refractivity contribution in [1.29, 1.82) is 0 Å². The van der Waals surface area contributed by atoms with Crippen LogP contribution in [-0.2, 0) is 15.6 Å². The first-order valence-corrected chi connectivity index (χ1v) is 9.47. The Bertz CT molecular complexity index is 744. The second-order valence-electron chi connectivity index (χ2n) is 5.49. The van der Waals surface area contributed by atoms with Crippen LogP contribution in [0.25, 0.3) is 10.9 Å².